The van der Waals surface area contributed by atoms with Gasteiger partial charge in [0.25, 0.3) is 0 Å². The number of carbonyl (C=O) groups excluding carboxylic acids is 1. The van der Waals surface area contributed by atoms with E-state index in [2.05, 4.69) is 22.6 Å². The van der Waals surface area contributed by atoms with Crippen molar-refractivity contribution in [1.29, 1.82) is 0 Å². The van der Waals surface area contributed by atoms with Gasteiger partial charge >= 0.3 is 0 Å². The van der Waals surface area contributed by atoms with Crippen molar-refractivity contribution in [2.24, 2.45) is 11.3 Å². The molecular weight excluding hydrogens is 262 g/mol. The molecule has 4 rings (SSSR count). The van der Waals surface area contributed by atoms with E-state index in [9.17, 15) is 4.79 Å². The van der Waals surface area contributed by atoms with Crippen LogP contribution in [0.2, 0.25) is 0 Å². The Bertz CT molecular complexity index is 404. The maximum absolute atomic E-state index is 12.6. The lowest BCUT2D eigenvalue weighted by Crippen LogP contribution is -2.55. The molecule has 1 saturated carbocycles. The van der Waals surface area contributed by atoms with Crippen molar-refractivity contribution in [3.63, 3.8) is 0 Å². The Morgan fingerprint density at radius 2 is 1.86 bits per heavy atom. The summed E-state index contributed by atoms with van der Waals surface area (Å²) >= 11 is 0. The predicted octanol–water partition coefficient (Wildman–Crippen LogP) is 1.51. The fourth-order valence-corrected chi connectivity index (χ4v) is 5.23. The van der Waals surface area contributed by atoms with Crippen molar-refractivity contribution < 1.29 is 4.79 Å². The number of piperidine rings is 3. The average molecular weight is 291 g/mol. The van der Waals surface area contributed by atoms with Gasteiger partial charge in [-0.1, -0.05) is 6.42 Å². The van der Waals surface area contributed by atoms with Crippen LogP contribution in [-0.4, -0.2) is 49.1 Å². The molecule has 4 fully saturated rings. The van der Waals surface area contributed by atoms with Gasteiger partial charge in [0.05, 0.1) is 0 Å². The summed E-state index contributed by atoms with van der Waals surface area (Å²) in [6.07, 6.45) is 9.88. The van der Waals surface area contributed by atoms with Crippen LogP contribution >= 0.6 is 0 Å². The second kappa shape index (κ2) is 5.24. The number of hydrogen-bond donors (Lipinski definition) is 2. The van der Waals surface area contributed by atoms with Gasteiger partial charge < -0.3 is 15.5 Å². The molecule has 4 nitrogen and oxygen atoms in total. The van der Waals surface area contributed by atoms with Gasteiger partial charge in [-0.05, 0) is 70.5 Å². The zero-order valence-corrected chi connectivity index (χ0v) is 13.2. The van der Waals surface area contributed by atoms with Gasteiger partial charge in [0.15, 0.2) is 0 Å². The molecule has 3 atom stereocenters. The van der Waals surface area contributed by atoms with Gasteiger partial charge in [-0.3, -0.25) is 4.79 Å². The molecule has 3 saturated heterocycles. The zero-order valence-electron chi connectivity index (χ0n) is 13.2. The van der Waals surface area contributed by atoms with E-state index in [1.807, 2.05) is 0 Å². The molecule has 1 aliphatic carbocycles. The van der Waals surface area contributed by atoms with Crippen LogP contribution in [0.1, 0.15) is 51.4 Å². The van der Waals surface area contributed by atoms with Crippen LogP contribution in [0.5, 0.6) is 0 Å². The Kier molecular flexibility index (Phi) is 3.49. The Hall–Kier alpha value is -0.610. The Balaban J connectivity index is 1.33. The molecule has 2 bridgehead atoms. The third kappa shape index (κ3) is 2.50. The zero-order chi connectivity index (χ0) is 14.4. The summed E-state index contributed by atoms with van der Waals surface area (Å²) < 4.78 is 0. The molecule has 118 valence electrons. The van der Waals surface area contributed by atoms with Crippen LogP contribution in [0.3, 0.4) is 0 Å². The van der Waals surface area contributed by atoms with Crippen molar-refractivity contribution in [2.45, 2.75) is 69.5 Å². The maximum atomic E-state index is 12.6. The third-order valence-electron chi connectivity index (χ3n) is 6.79. The second-order valence-corrected chi connectivity index (χ2v) is 7.95. The summed E-state index contributed by atoms with van der Waals surface area (Å²) in [6.45, 7) is 2.20. The number of rotatable bonds is 2. The fourth-order valence-electron chi connectivity index (χ4n) is 5.23. The highest BCUT2D eigenvalue weighted by Gasteiger charge is 2.57. The molecular formula is C17H29N3O. The summed E-state index contributed by atoms with van der Waals surface area (Å²) in [6, 6.07) is 1.84. The van der Waals surface area contributed by atoms with E-state index in [1.165, 1.54) is 44.9 Å². The molecule has 3 unspecified atom stereocenters. The van der Waals surface area contributed by atoms with E-state index in [4.69, 9.17) is 0 Å². The number of carbonyl (C=O) groups is 1. The third-order valence-corrected chi connectivity index (χ3v) is 6.79. The topological polar surface area (TPSA) is 44.4 Å². The van der Waals surface area contributed by atoms with Crippen molar-refractivity contribution in [3.05, 3.63) is 0 Å². The molecule has 0 aromatic rings. The van der Waals surface area contributed by atoms with Crippen molar-refractivity contribution in [3.8, 4) is 0 Å². The van der Waals surface area contributed by atoms with Gasteiger partial charge in [-0.15, -0.1) is 0 Å². The molecule has 2 N–H and O–H groups in total. The number of amides is 1. The minimum Gasteiger partial charge on any atom is -0.353 e. The summed E-state index contributed by atoms with van der Waals surface area (Å²) in [5.41, 5.74) is 0.372. The van der Waals surface area contributed by atoms with Gasteiger partial charge in [-0.25, -0.2) is 0 Å². The molecule has 4 aliphatic rings. The van der Waals surface area contributed by atoms with Gasteiger partial charge in [-0.2, -0.15) is 0 Å². The lowest BCUT2D eigenvalue weighted by molar-refractivity contribution is -0.124. The largest absolute Gasteiger partial charge is 0.353 e. The molecule has 0 radical (unpaired) electrons. The molecule has 21 heavy (non-hydrogen) atoms. The highest BCUT2D eigenvalue weighted by atomic mass is 16.2. The van der Waals surface area contributed by atoms with Crippen LogP contribution in [0.25, 0.3) is 0 Å². The smallest absolute Gasteiger partial charge is 0.223 e. The first-order valence-electron chi connectivity index (χ1n) is 8.91. The number of fused-ring (bicyclic) bond motifs is 2. The second-order valence-electron chi connectivity index (χ2n) is 7.95. The van der Waals surface area contributed by atoms with Gasteiger partial charge in [0.1, 0.15) is 0 Å². The number of nitrogens with zero attached hydrogens (tertiary/aromatic N) is 1. The summed E-state index contributed by atoms with van der Waals surface area (Å²) in [4.78, 5) is 15.2. The maximum Gasteiger partial charge on any atom is 0.223 e. The first kappa shape index (κ1) is 14.0. The van der Waals surface area contributed by atoms with Crippen molar-refractivity contribution >= 4 is 5.91 Å². The van der Waals surface area contributed by atoms with E-state index in [0.717, 1.165) is 19.5 Å². The van der Waals surface area contributed by atoms with E-state index in [1.54, 1.807) is 0 Å². The summed E-state index contributed by atoms with van der Waals surface area (Å²) in [7, 11) is 2.28. The van der Waals surface area contributed by atoms with Crippen LogP contribution < -0.4 is 10.6 Å². The molecule has 1 amide bonds. The first-order valence-corrected chi connectivity index (χ1v) is 8.91. The predicted molar refractivity (Wildman–Crippen MR) is 83.0 cm³/mol. The molecule has 3 heterocycles. The minimum absolute atomic E-state index is 0.319. The standard InChI is InChI=1S/C17H29N3O/c1-20-13-3-2-4-14(20)10-12(9-13)19-16(21)15-11-17(15)5-7-18-8-6-17/h12-15,18H,2-11H2,1H3,(H,19,21). The molecule has 3 aliphatic heterocycles. The number of hydrogen-bond acceptors (Lipinski definition) is 3. The highest BCUT2D eigenvalue weighted by molar-refractivity contribution is 5.82. The summed E-state index contributed by atoms with van der Waals surface area (Å²) in [5, 5.41) is 6.83. The lowest BCUT2D eigenvalue weighted by atomic mass is 9.82. The molecule has 4 heteroatoms. The van der Waals surface area contributed by atoms with E-state index in [0.29, 0.717) is 35.4 Å². The Morgan fingerprint density at radius 3 is 2.52 bits per heavy atom. The average Bonchev–Trinajstić information content (AvgIpc) is 3.14. The monoisotopic (exact) mass is 291 g/mol. The summed E-state index contributed by atoms with van der Waals surface area (Å²) in [5.74, 6) is 0.684. The molecule has 0 aromatic heterocycles. The van der Waals surface area contributed by atoms with Crippen molar-refractivity contribution in [2.75, 3.05) is 20.1 Å². The molecule has 1 spiro atoms. The Morgan fingerprint density at radius 1 is 1.19 bits per heavy atom. The van der Waals surface area contributed by atoms with Crippen LogP contribution in [-0.2, 0) is 4.79 Å². The van der Waals surface area contributed by atoms with E-state index >= 15 is 0 Å². The quantitative estimate of drug-likeness (QED) is 0.810. The van der Waals surface area contributed by atoms with Crippen LogP contribution in [0.15, 0.2) is 0 Å². The van der Waals surface area contributed by atoms with Gasteiger partial charge in [0, 0.05) is 24.0 Å². The lowest BCUT2D eigenvalue weighted by Gasteiger charge is -2.47. The van der Waals surface area contributed by atoms with E-state index in [-0.39, 0.29) is 0 Å². The van der Waals surface area contributed by atoms with Crippen LogP contribution in [0, 0.1) is 11.3 Å². The minimum atomic E-state index is 0.319. The normalized spacial score (nSPS) is 41.8. The van der Waals surface area contributed by atoms with Gasteiger partial charge in [0.2, 0.25) is 5.91 Å². The van der Waals surface area contributed by atoms with Crippen molar-refractivity contribution in [1.82, 2.24) is 15.5 Å². The Labute approximate surface area is 128 Å². The van der Waals surface area contributed by atoms with E-state index < -0.39 is 0 Å². The fraction of sp³-hybridized carbons (Fsp3) is 0.941. The number of nitrogens with one attached hydrogen (secondary N) is 2. The highest BCUT2D eigenvalue weighted by Crippen LogP contribution is 2.58. The molecule has 0 aromatic carbocycles. The van der Waals surface area contributed by atoms with Crippen LogP contribution in [0.4, 0.5) is 0 Å². The SMILES string of the molecule is CN1C2CCCC1CC(NC(=O)C1CC13CCNCC3)C2. The first-order chi connectivity index (χ1) is 10.2.